The predicted octanol–water partition coefficient (Wildman–Crippen LogP) is 4.92. The lowest BCUT2D eigenvalue weighted by Gasteiger charge is -2.13. The number of fused-ring (bicyclic) bond motifs is 1. The van der Waals surface area contributed by atoms with Gasteiger partial charge in [-0.1, -0.05) is 0 Å². The minimum absolute atomic E-state index is 0.213. The molecule has 0 radical (unpaired) electrons. The van der Waals surface area contributed by atoms with Crippen molar-refractivity contribution < 1.29 is 33.3 Å². The molecule has 0 aliphatic carbocycles. The van der Waals surface area contributed by atoms with E-state index in [-0.39, 0.29) is 22.9 Å². The van der Waals surface area contributed by atoms with E-state index in [1.54, 1.807) is 18.2 Å². The molecule has 0 N–H and O–H groups in total. The zero-order chi connectivity index (χ0) is 22.8. The SMILES string of the molecule is COc1cc(C(=O)Oc2ccc3c(c2)OC(=Cc2sccc2C)C3=O)cc(OC)c1OC. The van der Waals surface area contributed by atoms with Gasteiger partial charge in [-0.3, -0.25) is 4.79 Å². The van der Waals surface area contributed by atoms with Crippen LogP contribution in [0.3, 0.4) is 0 Å². The van der Waals surface area contributed by atoms with Gasteiger partial charge >= 0.3 is 5.97 Å². The van der Waals surface area contributed by atoms with Crippen molar-refractivity contribution in [3.8, 4) is 28.7 Å². The highest BCUT2D eigenvalue weighted by molar-refractivity contribution is 7.11. The molecule has 164 valence electrons. The van der Waals surface area contributed by atoms with Crippen LogP contribution in [-0.2, 0) is 0 Å². The fourth-order valence-electron chi connectivity index (χ4n) is 3.25. The number of carbonyl (C=O) groups excluding carboxylic acids is 2. The molecule has 0 unspecified atom stereocenters. The van der Waals surface area contributed by atoms with Crippen molar-refractivity contribution in [1.82, 2.24) is 0 Å². The van der Waals surface area contributed by atoms with Gasteiger partial charge in [-0.05, 0) is 48.2 Å². The third-order valence-corrected chi connectivity index (χ3v) is 5.88. The van der Waals surface area contributed by atoms with Crippen molar-refractivity contribution in [2.24, 2.45) is 0 Å². The Morgan fingerprint density at radius 3 is 2.31 bits per heavy atom. The van der Waals surface area contributed by atoms with Gasteiger partial charge in [0, 0.05) is 17.0 Å². The predicted molar refractivity (Wildman–Crippen MR) is 119 cm³/mol. The second kappa shape index (κ2) is 8.76. The van der Waals surface area contributed by atoms with Gasteiger partial charge in [0.05, 0.1) is 32.5 Å². The molecule has 0 fully saturated rings. The average Bonchev–Trinajstić information content (AvgIpc) is 3.34. The Morgan fingerprint density at radius 1 is 1.00 bits per heavy atom. The zero-order valence-corrected chi connectivity index (χ0v) is 18.7. The van der Waals surface area contributed by atoms with Crippen LogP contribution < -0.4 is 23.7 Å². The second-order valence-corrected chi connectivity index (χ2v) is 7.82. The zero-order valence-electron chi connectivity index (χ0n) is 17.9. The average molecular weight is 452 g/mol. The number of carbonyl (C=O) groups is 2. The van der Waals surface area contributed by atoms with Crippen LogP contribution in [0.25, 0.3) is 6.08 Å². The third kappa shape index (κ3) is 3.92. The number of esters is 1. The van der Waals surface area contributed by atoms with Crippen molar-refractivity contribution in [3.05, 3.63) is 69.1 Å². The normalized spacial score (nSPS) is 13.5. The Labute approximate surface area is 188 Å². The highest BCUT2D eigenvalue weighted by atomic mass is 32.1. The molecule has 0 atom stereocenters. The summed E-state index contributed by atoms with van der Waals surface area (Å²) in [5, 5.41) is 1.95. The summed E-state index contributed by atoms with van der Waals surface area (Å²) in [4.78, 5) is 26.3. The molecule has 4 rings (SSSR count). The van der Waals surface area contributed by atoms with E-state index in [0.717, 1.165) is 10.4 Å². The van der Waals surface area contributed by atoms with Crippen LogP contribution in [0.5, 0.6) is 28.7 Å². The Morgan fingerprint density at radius 2 is 1.72 bits per heavy atom. The number of thiophene rings is 1. The number of methoxy groups -OCH3 is 3. The minimum Gasteiger partial charge on any atom is -0.493 e. The highest BCUT2D eigenvalue weighted by Gasteiger charge is 2.28. The number of hydrogen-bond acceptors (Lipinski definition) is 8. The summed E-state index contributed by atoms with van der Waals surface area (Å²) in [6.45, 7) is 1.97. The molecule has 0 bridgehead atoms. The van der Waals surface area contributed by atoms with Crippen LogP contribution >= 0.6 is 11.3 Å². The van der Waals surface area contributed by atoms with Crippen molar-refractivity contribution in [2.45, 2.75) is 6.92 Å². The Balaban J connectivity index is 1.57. The molecule has 2 heterocycles. The maximum atomic E-state index is 12.7. The molecule has 32 heavy (non-hydrogen) atoms. The maximum absolute atomic E-state index is 12.7. The molecule has 8 heteroatoms. The summed E-state index contributed by atoms with van der Waals surface area (Å²) in [7, 11) is 4.40. The molecule has 1 aromatic heterocycles. The van der Waals surface area contributed by atoms with Crippen LogP contribution in [0.4, 0.5) is 0 Å². The maximum Gasteiger partial charge on any atom is 0.343 e. The van der Waals surface area contributed by atoms with Crippen molar-refractivity contribution in [3.63, 3.8) is 0 Å². The van der Waals surface area contributed by atoms with Crippen LogP contribution in [0.1, 0.15) is 31.2 Å². The largest absolute Gasteiger partial charge is 0.493 e. The third-order valence-electron chi connectivity index (χ3n) is 4.92. The summed E-state index contributed by atoms with van der Waals surface area (Å²) in [6.07, 6.45) is 1.73. The van der Waals surface area contributed by atoms with E-state index < -0.39 is 5.97 Å². The topological polar surface area (TPSA) is 80.3 Å². The van der Waals surface area contributed by atoms with Crippen molar-refractivity contribution in [1.29, 1.82) is 0 Å². The summed E-state index contributed by atoms with van der Waals surface area (Å²) in [5.74, 6) is 1.01. The molecule has 1 aliphatic heterocycles. The lowest BCUT2D eigenvalue weighted by molar-refractivity contribution is 0.0733. The van der Waals surface area contributed by atoms with Crippen LogP contribution in [0.15, 0.2) is 47.5 Å². The van der Waals surface area contributed by atoms with E-state index in [2.05, 4.69) is 0 Å². The summed E-state index contributed by atoms with van der Waals surface area (Å²) < 4.78 is 27.1. The highest BCUT2D eigenvalue weighted by Crippen LogP contribution is 2.39. The van der Waals surface area contributed by atoms with Crippen LogP contribution in [-0.4, -0.2) is 33.1 Å². The fourth-order valence-corrected chi connectivity index (χ4v) is 4.09. The van der Waals surface area contributed by atoms with E-state index in [1.807, 2.05) is 18.4 Å². The van der Waals surface area contributed by atoms with Gasteiger partial charge in [0.2, 0.25) is 11.5 Å². The fraction of sp³-hybridized carbons (Fsp3) is 0.167. The first-order chi connectivity index (χ1) is 15.4. The number of aryl methyl sites for hydroxylation is 1. The van der Waals surface area contributed by atoms with E-state index in [0.29, 0.717) is 28.6 Å². The molecular weight excluding hydrogens is 432 g/mol. The molecule has 0 saturated carbocycles. The molecule has 3 aromatic rings. The summed E-state index contributed by atoms with van der Waals surface area (Å²) in [6, 6.07) is 9.63. The van der Waals surface area contributed by atoms with Gasteiger partial charge < -0.3 is 23.7 Å². The van der Waals surface area contributed by atoms with Gasteiger partial charge in [-0.15, -0.1) is 11.3 Å². The number of rotatable bonds is 6. The van der Waals surface area contributed by atoms with Gasteiger partial charge in [0.25, 0.3) is 0 Å². The molecule has 1 aliphatic rings. The molecule has 7 nitrogen and oxygen atoms in total. The Hall–Kier alpha value is -3.78. The second-order valence-electron chi connectivity index (χ2n) is 6.87. The van der Waals surface area contributed by atoms with Gasteiger partial charge in [-0.25, -0.2) is 4.79 Å². The number of benzene rings is 2. The smallest absolute Gasteiger partial charge is 0.343 e. The van der Waals surface area contributed by atoms with Gasteiger partial charge in [-0.2, -0.15) is 0 Å². The number of ether oxygens (including phenoxy) is 5. The van der Waals surface area contributed by atoms with E-state index in [4.69, 9.17) is 23.7 Å². The van der Waals surface area contributed by atoms with Gasteiger partial charge in [0.15, 0.2) is 17.3 Å². The number of Topliss-reactive ketones (excluding diaryl/α,β-unsaturated/α-hetero) is 1. The van der Waals surface area contributed by atoms with E-state index in [1.165, 1.54) is 50.9 Å². The minimum atomic E-state index is -0.626. The monoisotopic (exact) mass is 452 g/mol. The van der Waals surface area contributed by atoms with Crippen LogP contribution in [0.2, 0.25) is 0 Å². The number of hydrogen-bond donors (Lipinski definition) is 0. The number of allylic oxidation sites excluding steroid dienone is 1. The quantitative estimate of drug-likeness (QED) is 0.298. The standard InChI is InChI=1S/C24H20O7S/c1-13-7-8-32-21(13)12-18-22(25)16-6-5-15(11-17(16)31-18)30-24(26)14-9-19(27-2)23(29-4)20(10-14)28-3/h5-12H,1-4H3. The Bertz CT molecular complexity index is 1210. The molecular formula is C24H20O7S. The van der Waals surface area contributed by atoms with Gasteiger partial charge in [0.1, 0.15) is 11.5 Å². The lowest BCUT2D eigenvalue weighted by atomic mass is 10.1. The number of ketones is 1. The molecule has 0 saturated heterocycles. The molecule has 2 aromatic carbocycles. The molecule has 0 amide bonds. The van der Waals surface area contributed by atoms with Crippen molar-refractivity contribution >= 4 is 29.2 Å². The first-order valence-corrected chi connectivity index (χ1v) is 10.5. The van der Waals surface area contributed by atoms with Crippen LogP contribution in [0, 0.1) is 6.92 Å². The summed E-state index contributed by atoms with van der Waals surface area (Å²) >= 11 is 1.53. The van der Waals surface area contributed by atoms with E-state index >= 15 is 0 Å². The summed E-state index contributed by atoms with van der Waals surface area (Å²) in [5.41, 5.74) is 1.69. The molecule has 0 spiro atoms. The Kier molecular flexibility index (Phi) is 5.87. The first kappa shape index (κ1) is 21.5. The van der Waals surface area contributed by atoms with E-state index in [9.17, 15) is 9.59 Å². The lowest BCUT2D eigenvalue weighted by Crippen LogP contribution is -2.09. The van der Waals surface area contributed by atoms with Crippen molar-refractivity contribution in [2.75, 3.05) is 21.3 Å². The first-order valence-electron chi connectivity index (χ1n) is 9.59.